The van der Waals surface area contributed by atoms with E-state index in [2.05, 4.69) is 26.1 Å². The molecule has 0 heterocycles. The molecule has 0 saturated heterocycles. The van der Waals surface area contributed by atoms with Gasteiger partial charge in [-0.15, -0.1) is 0 Å². The van der Waals surface area contributed by atoms with Crippen molar-refractivity contribution in [2.75, 3.05) is 7.05 Å². The van der Waals surface area contributed by atoms with Crippen LogP contribution in [0.4, 0.5) is 0 Å². The van der Waals surface area contributed by atoms with E-state index in [-0.39, 0.29) is 11.8 Å². The lowest BCUT2D eigenvalue weighted by atomic mass is 9.90. The van der Waals surface area contributed by atoms with E-state index in [1.165, 1.54) is 64.2 Å². The zero-order valence-corrected chi connectivity index (χ0v) is 15.0. The summed E-state index contributed by atoms with van der Waals surface area (Å²) in [5.41, 5.74) is 0. The van der Waals surface area contributed by atoms with E-state index < -0.39 is 0 Å². The molecule has 0 aromatic rings. The van der Waals surface area contributed by atoms with Crippen molar-refractivity contribution >= 4 is 5.91 Å². The lowest BCUT2D eigenvalue weighted by Gasteiger charge is -2.17. The number of hydrogen-bond donors (Lipinski definition) is 1. The summed E-state index contributed by atoms with van der Waals surface area (Å²) in [4.78, 5) is 11.9. The third-order valence-electron chi connectivity index (χ3n) is 4.73. The van der Waals surface area contributed by atoms with Crippen LogP contribution >= 0.6 is 0 Å². The van der Waals surface area contributed by atoms with Gasteiger partial charge in [-0.25, -0.2) is 0 Å². The molecule has 0 saturated carbocycles. The fraction of sp³-hybridized carbons (Fsp3) is 0.947. The monoisotopic (exact) mass is 297 g/mol. The van der Waals surface area contributed by atoms with Crippen molar-refractivity contribution in [1.82, 2.24) is 5.32 Å². The highest BCUT2D eigenvalue weighted by Crippen LogP contribution is 2.22. The molecule has 2 nitrogen and oxygen atoms in total. The molecule has 0 aliphatic heterocycles. The Morgan fingerprint density at radius 1 is 0.810 bits per heavy atom. The van der Waals surface area contributed by atoms with Gasteiger partial charge < -0.3 is 5.32 Å². The van der Waals surface area contributed by atoms with Crippen molar-refractivity contribution in [2.45, 2.75) is 97.8 Å². The van der Waals surface area contributed by atoms with Crippen LogP contribution in [0.15, 0.2) is 0 Å². The molecule has 0 aromatic heterocycles. The van der Waals surface area contributed by atoms with Gasteiger partial charge in [0, 0.05) is 13.0 Å². The third kappa shape index (κ3) is 10.8. The second-order valence-corrected chi connectivity index (χ2v) is 6.51. The lowest BCUT2D eigenvalue weighted by Crippen LogP contribution is -2.27. The smallest absolute Gasteiger partial charge is 0.222 e. The molecule has 0 aliphatic carbocycles. The van der Waals surface area contributed by atoms with Crippen LogP contribution in [-0.2, 0) is 4.79 Å². The Morgan fingerprint density at radius 3 is 1.86 bits per heavy atom. The summed E-state index contributed by atoms with van der Waals surface area (Å²) < 4.78 is 0. The number of amides is 1. The third-order valence-corrected chi connectivity index (χ3v) is 4.73. The second kappa shape index (κ2) is 14.4. The van der Waals surface area contributed by atoms with Crippen molar-refractivity contribution in [3.05, 3.63) is 0 Å². The summed E-state index contributed by atoms with van der Waals surface area (Å²) in [5, 5.41) is 2.84. The van der Waals surface area contributed by atoms with Gasteiger partial charge in [0.25, 0.3) is 0 Å². The van der Waals surface area contributed by atoms with E-state index in [0.29, 0.717) is 0 Å². The van der Waals surface area contributed by atoms with Crippen molar-refractivity contribution in [3.8, 4) is 0 Å². The van der Waals surface area contributed by atoms with Crippen LogP contribution in [0.25, 0.3) is 0 Å². The highest BCUT2D eigenvalue weighted by molar-refractivity contribution is 5.78. The topological polar surface area (TPSA) is 29.1 Å². The van der Waals surface area contributed by atoms with E-state index >= 15 is 0 Å². The molecule has 0 fully saturated rings. The maximum Gasteiger partial charge on any atom is 0.222 e. The van der Waals surface area contributed by atoms with Gasteiger partial charge >= 0.3 is 0 Å². The molecular weight excluding hydrogens is 258 g/mol. The minimum Gasteiger partial charge on any atom is -0.359 e. The van der Waals surface area contributed by atoms with Gasteiger partial charge in [0.1, 0.15) is 0 Å². The first-order chi connectivity index (χ1) is 10.2. The molecule has 2 heteroatoms. The number of carbonyl (C=O) groups excluding carboxylic acids is 1. The predicted molar refractivity (Wildman–Crippen MR) is 93.5 cm³/mol. The molecule has 0 aromatic carbocycles. The molecule has 2 atom stereocenters. The van der Waals surface area contributed by atoms with Gasteiger partial charge in [-0.3, -0.25) is 4.79 Å². The number of carbonyl (C=O) groups is 1. The first-order valence-electron chi connectivity index (χ1n) is 9.41. The largest absolute Gasteiger partial charge is 0.359 e. The molecular formula is C19H39NO. The summed E-state index contributed by atoms with van der Waals surface area (Å²) in [6.07, 6.45) is 15.1. The second-order valence-electron chi connectivity index (χ2n) is 6.51. The normalized spacial score (nSPS) is 13.9. The van der Waals surface area contributed by atoms with E-state index in [9.17, 15) is 4.79 Å². The molecule has 1 amide bonds. The van der Waals surface area contributed by atoms with Crippen LogP contribution in [0.1, 0.15) is 97.8 Å². The van der Waals surface area contributed by atoms with Crippen molar-refractivity contribution in [3.63, 3.8) is 0 Å². The van der Waals surface area contributed by atoms with Gasteiger partial charge in [0.2, 0.25) is 5.91 Å². The summed E-state index contributed by atoms with van der Waals surface area (Å²) in [6, 6.07) is 0. The molecule has 0 spiro atoms. The minimum atomic E-state index is 0.247. The molecule has 0 aliphatic rings. The van der Waals surface area contributed by atoms with E-state index in [4.69, 9.17) is 0 Å². The van der Waals surface area contributed by atoms with Crippen LogP contribution in [-0.4, -0.2) is 13.0 Å². The average molecular weight is 298 g/mol. The standard InChI is InChI=1S/C19H39NO/c1-5-8-10-15-18(19(21)20-4)16-12-11-14-17(7-3)13-9-6-2/h17-18H,5-16H2,1-4H3,(H,20,21)/t17-,18-/m0/s1. The van der Waals surface area contributed by atoms with Crippen molar-refractivity contribution < 1.29 is 4.79 Å². The summed E-state index contributed by atoms with van der Waals surface area (Å²) >= 11 is 0. The van der Waals surface area contributed by atoms with Crippen LogP contribution in [0.3, 0.4) is 0 Å². The van der Waals surface area contributed by atoms with Crippen molar-refractivity contribution in [1.29, 1.82) is 0 Å². The van der Waals surface area contributed by atoms with Crippen LogP contribution in [0, 0.1) is 11.8 Å². The predicted octanol–water partition coefficient (Wildman–Crippen LogP) is 5.71. The van der Waals surface area contributed by atoms with Crippen molar-refractivity contribution in [2.24, 2.45) is 11.8 Å². The Bertz CT molecular complexity index is 240. The maximum absolute atomic E-state index is 11.9. The summed E-state index contributed by atoms with van der Waals surface area (Å²) in [6.45, 7) is 6.81. The molecule has 0 bridgehead atoms. The molecule has 0 radical (unpaired) electrons. The van der Waals surface area contributed by atoms with Crippen LogP contribution < -0.4 is 5.32 Å². The Labute approximate surface area is 133 Å². The summed E-state index contributed by atoms with van der Waals surface area (Å²) in [7, 11) is 1.77. The zero-order valence-electron chi connectivity index (χ0n) is 15.0. The highest BCUT2D eigenvalue weighted by Gasteiger charge is 2.16. The molecule has 0 unspecified atom stereocenters. The van der Waals surface area contributed by atoms with Gasteiger partial charge in [-0.2, -0.15) is 0 Å². The number of rotatable bonds is 14. The Morgan fingerprint density at radius 2 is 1.33 bits per heavy atom. The number of unbranched alkanes of at least 4 members (excludes halogenated alkanes) is 4. The van der Waals surface area contributed by atoms with Gasteiger partial charge in [0.05, 0.1) is 0 Å². The molecule has 21 heavy (non-hydrogen) atoms. The van der Waals surface area contributed by atoms with Gasteiger partial charge in [0.15, 0.2) is 0 Å². The molecule has 126 valence electrons. The molecule has 1 N–H and O–H groups in total. The minimum absolute atomic E-state index is 0.247. The quantitative estimate of drug-likeness (QED) is 0.409. The Balaban J connectivity index is 3.91. The first kappa shape index (κ1) is 20.5. The fourth-order valence-corrected chi connectivity index (χ4v) is 3.12. The highest BCUT2D eigenvalue weighted by atomic mass is 16.1. The average Bonchev–Trinajstić information content (AvgIpc) is 2.51. The van der Waals surface area contributed by atoms with E-state index in [1.54, 1.807) is 7.05 Å². The van der Waals surface area contributed by atoms with Crippen LogP contribution in [0.2, 0.25) is 0 Å². The fourth-order valence-electron chi connectivity index (χ4n) is 3.12. The lowest BCUT2D eigenvalue weighted by molar-refractivity contribution is -0.125. The number of hydrogen-bond acceptors (Lipinski definition) is 1. The van der Waals surface area contributed by atoms with Gasteiger partial charge in [-0.05, 0) is 18.8 Å². The van der Waals surface area contributed by atoms with E-state index in [1.807, 2.05) is 0 Å². The maximum atomic E-state index is 11.9. The van der Waals surface area contributed by atoms with Gasteiger partial charge in [-0.1, -0.05) is 85.0 Å². The van der Waals surface area contributed by atoms with Crippen LogP contribution in [0.5, 0.6) is 0 Å². The summed E-state index contributed by atoms with van der Waals surface area (Å²) in [5.74, 6) is 1.41. The Hall–Kier alpha value is -0.530. The Kier molecular flexibility index (Phi) is 14.0. The molecule has 0 rings (SSSR count). The zero-order chi connectivity index (χ0) is 15.9. The van der Waals surface area contributed by atoms with E-state index in [0.717, 1.165) is 18.8 Å². The SMILES string of the molecule is CCCCC[C@@H](CCCC[C@@H](CC)CCCC)C(=O)NC. The first-order valence-corrected chi connectivity index (χ1v) is 9.41. The number of nitrogens with one attached hydrogen (secondary N) is 1.